The summed E-state index contributed by atoms with van der Waals surface area (Å²) in [7, 11) is -3.76. The number of carbonyl (C=O) groups is 2. The van der Waals surface area contributed by atoms with Crippen LogP contribution >= 0.6 is 0 Å². The molecule has 2 rings (SSSR count). The molecule has 0 aromatic heterocycles. The molecule has 0 aliphatic carbocycles. The van der Waals surface area contributed by atoms with E-state index < -0.39 is 28.5 Å². The molecule has 1 heterocycles. The van der Waals surface area contributed by atoms with Gasteiger partial charge in [-0.2, -0.15) is 0 Å². The smallest absolute Gasteiger partial charge is 0.306 e. The normalized spacial score (nSPS) is 13.8. The van der Waals surface area contributed by atoms with Crippen LogP contribution in [0.4, 0.5) is 5.69 Å². The van der Waals surface area contributed by atoms with Crippen molar-refractivity contribution in [3.63, 3.8) is 0 Å². The Kier molecular flexibility index (Phi) is 7.14. The molecule has 0 spiro atoms. The average molecular weight is 381 g/mol. The Morgan fingerprint density at radius 2 is 2.12 bits per heavy atom. The van der Waals surface area contributed by atoms with Gasteiger partial charge in [-0.15, -0.1) is 0 Å². The van der Waals surface area contributed by atoms with Gasteiger partial charge in [0.05, 0.1) is 4.90 Å². The molecule has 26 heavy (non-hydrogen) atoms. The molecule has 0 bridgehead atoms. The summed E-state index contributed by atoms with van der Waals surface area (Å²) in [6.45, 7) is 2.16. The van der Waals surface area contributed by atoms with Crippen molar-refractivity contribution in [1.29, 1.82) is 0 Å². The van der Waals surface area contributed by atoms with E-state index in [2.05, 4.69) is 15.0 Å². The Bertz CT molecular complexity index is 789. The van der Waals surface area contributed by atoms with Gasteiger partial charge in [0, 0.05) is 25.1 Å². The zero-order chi connectivity index (χ0) is 19.0. The first-order valence-electron chi connectivity index (χ1n) is 8.52. The van der Waals surface area contributed by atoms with E-state index in [-0.39, 0.29) is 11.3 Å². The van der Waals surface area contributed by atoms with Crippen LogP contribution in [-0.4, -0.2) is 39.3 Å². The SMILES string of the molecule is CCCCC(=O)OCC(=O)Nc1cccc(S(=O)(=O)NC2=NCCC2)c1. The fraction of sp³-hybridized carbons (Fsp3) is 0.471. The Hall–Kier alpha value is -2.42. The minimum atomic E-state index is -3.76. The van der Waals surface area contributed by atoms with Crippen LogP contribution < -0.4 is 10.0 Å². The quantitative estimate of drug-likeness (QED) is 0.667. The average Bonchev–Trinajstić information content (AvgIpc) is 3.10. The van der Waals surface area contributed by atoms with E-state index in [1.54, 1.807) is 6.07 Å². The lowest BCUT2D eigenvalue weighted by atomic mass is 10.2. The lowest BCUT2D eigenvalue weighted by molar-refractivity contribution is -0.147. The number of esters is 1. The van der Waals surface area contributed by atoms with Gasteiger partial charge in [-0.25, -0.2) is 8.42 Å². The van der Waals surface area contributed by atoms with Crippen molar-refractivity contribution in [2.75, 3.05) is 18.5 Å². The third-order valence-corrected chi connectivity index (χ3v) is 5.03. The number of rotatable bonds is 8. The van der Waals surface area contributed by atoms with E-state index >= 15 is 0 Å². The Morgan fingerprint density at radius 3 is 2.81 bits per heavy atom. The van der Waals surface area contributed by atoms with E-state index in [0.717, 1.165) is 12.8 Å². The monoisotopic (exact) mass is 381 g/mol. The van der Waals surface area contributed by atoms with Gasteiger partial charge in [-0.05, 0) is 31.0 Å². The molecule has 8 nitrogen and oxygen atoms in total. The topological polar surface area (TPSA) is 114 Å². The van der Waals surface area contributed by atoms with Crippen LogP contribution in [0.25, 0.3) is 0 Å². The molecule has 9 heteroatoms. The summed E-state index contributed by atoms with van der Waals surface area (Å²) in [6, 6.07) is 5.85. The summed E-state index contributed by atoms with van der Waals surface area (Å²) < 4.78 is 32.1. The number of hydrogen-bond donors (Lipinski definition) is 2. The molecule has 1 aromatic carbocycles. The number of amidine groups is 1. The molecule has 2 N–H and O–H groups in total. The highest BCUT2D eigenvalue weighted by atomic mass is 32.2. The van der Waals surface area contributed by atoms with Crippen molar-refractivity contribution in [3.8, 4) is 0 Å². The first kappa shape index (κ1) is 19.9. The summed E-state index contributed by atoms with van der Waals surface area (Å²) in [4.78, 5) is 27.4. The lowest BCUT2D eigenvalue weighted by Crippen LogP contribution is -2.29. The zero-order valence-corrected chi connectivity index (χ0v) is 15.5. The second-order valence-corrected chi connectivity index (χ2v) is 7.56. The lowest BCUT2D eigenvalue weighted by Gasteiger charge is -2.10. The number of nitrogens with zero attached hydrogens (tertiary/aromatic N) is 1. The highest BCUT2D eigenvalue weighted by Crippen LogP contribution is 2.16. The fourth-order valence-corrected chi connectivity index (χ4v) is 3.45. The molecule has 0 atom stereocenters. The van der Waals surface area contributed by atoms with Gasteiger partial charge in [0.2, 0.25) is 0 Å². The second kappa shape index (κ2) is 9.33. The highest BCUT2D eigenvalue weighted by molar-refractivity contribution is 7.90. The van der Waals surface area contributed by atoms with Crippen LogP contribution in [0.3, 0.4) is 0 Å². The van der Waals surface area contributed by atoms with Crippen molar-refractivity contribution in [2.24, 2.45) is 4.99 Å². The molecule has 1 aromatic rings. The number of benzene rings is 1. The van der Waals surface area contributed by atoms with Gasteiger partial charge in [-0.3, -0.25) is 19.3 Å². The summed E-state index contributed by atoms with van der Waals surface area (Å²) in [5.41, 5.74) is 0.302. The van der Waals surface area contributed by atoms with Crippen molar-refractivity contribution in [2.45, 2.75) is 43.9 Å². The number of sulfonamides is 1. The zero-order valence-electron chi connectivity index (χ0n) is 14.7. The number of unbranched alkanes of at least 4 members (excludes halogenated alkanes) is 1. The first-order valence-corrected chi connectivity index (χ1v) is 10.0. The maximum atomic E-state index is 12.4. The van der Waals surface area contributed by atoms with Crippen LogP contribution in [0, 0.1) is 0 Å². The van der Waals surface area contributed by atoms with Crippen LogP contribution in [0.5, 0.6) is 0 Å². The summed E-state index contributed by atoms with van der Waals surface area (Å²) in [5.74, 6) is -0.518. The molecule has 0 saturated carbocycles. The summed E-state index contributed by atoms with van der Waals surface area (Å²) in [5, 5.41) is 2.52. The number of aliphatic imine (C=N–C) groups is 1. The van der Waals surface area contributed by atoms with E-state index in [4.69, 9.17) is 4.74 Å². The first-order chi connectivity index (χ1) is 12.4. The van der Waals surface area contributed by atoms with Crippen molar-refractivity contribution >= 4 is 33.4 Å². The van der Waals surface area contributed by atoms with Crippen molar-refractivity contribution < 1.29 is 22.7 Å². The van der Waals surface area contributed by atoms with Crippen molar-refractivity contribution in [1.82, 2.24) is 4.72 Å². The van der Waals surface area contributed by atoms with Crippen LogP contribution in [0.15, 0.2) is 34.2 Å². The van der Waals surface area contributed by atoms with E-state index in [0.29, 0.717) is 30.9 Å². The van der Waals surface area contributed by atoms with Gasteiger partial charge in [-0.1, -0.05) is 19.4 Å². The molecule has 1 aliphatic rings. The predicted molar refractivity (Wildman–Crippen MR) is 97.4 cm³/mol. The van der Waals surface area contributed by atoms with E-state index in [1.165, 1.54) is 18.2 Å². The molecule has 0 unspecified atom stereocenters. The van der Waals surface area contributed by atoms with Crippen LogP contribution in [-0.2, 0) is 24.3 Å². The van der Waals surface area contributed by atoms with Crippen LogP contribution in [0.1, 0.15) is 39.0 Å². The molecule has 142 valence electrons. The minimum Gasteiger partial charge on any atom is -0.456 e. The van der Waals surface area contributed by atoms with E-state index in [9.17, 15) is 18.0 Å². The number of anilines is 1. The second-order valence-electron chi connectivity index (χ2n) is 5.88. The third kappa shape index (κ3) is 6.14. The number of carbonyl (C=O) groups excluding carboxylic acids is 2. The number of ether oxygens (including phenoxy) is 1. The largest absolute Gasteiger partial charge is 0.456 e. The number of nitrogens with one attached hydrogen (secondary N) is 2. The summed E-state index contributed by atoms with van der Waals surface area (Å²) in [6.07, 6.45) is 3.26. The molecular weight excluding hydrogens is 358 g/mol. The predicted octanol–water partition coefficient (Wildman–Crippen LogP) is 1.83. The maximum absolute atomic E-state index is 12.4. The van der Waals surface area contributed by atoms with Gasteiger partial charge < -0.3 is 10.1 Å². The molecule has 0 radical (unpaired) electrons. The Labute approximate surface area is 153 Å². The van der Waals surface area contributed by atoms with E-state index in [1.807, 2.05) is 6.92 Å². The van der Waals surface area contributed by atoms with Crippen LogP contribution in [0.2, 0.25) is 0 Å². The van der Waals surface area contributed by atoms with Gasteiger partial charge in [0.25, 0.3) is 15.9 Å². The molecular formula is C17H23N3O5S. The molecule has 0 saturated heterocycles. The number of hydrogen-bond acceptors (Lipinski definition) is 6. The summed E-state index contributed by atoms with van der Waals surface area (Å²) >= 11 is 0. The number of amides is 1. The minimum absolute atomic E-state index is 0.0184. The van der Waals surface area contributed by atoms with Gasteiger partial charge >= 0.3 is 5.97 Å². The fourth-order valence-electron chi connectivity index (χ4n) is 2.31. The maximum Gasteiger partial charge on any atom is 0.306 e. The molecule has 1 amide bonds. The van der Waals surface area contributed by atoms with Gasteiger partial charge in [0.1, 0.15) is 5.84 Å². The standard InChI is InChI=1S/C17H23N3O5S/c1-2-3-9-17(22)25-12-16(21)19-13-6-4-7-14(11-13)26(23,24)20-15-8-5-10-18-15/h4,6-7,11H,2-3,5,8-10,12H2,1H3,(H,18,20)(H,19,21). The molecule has 0 fully saturated rings. The molecule has 1 aliphatic heterocycles. The van der Waals surface area contributed by atoms with Gasteiger partial charge in [0.15, 0.2) is 6.61 Å². The van der Waals surface area contributed by atoms with Crippen molar-refractivity contribution in [3.05, 3.63) is 24.3 Å². The highest BCUT2D eigenvalue weighted by Gasteiger charge is 2.19. The Morgan fingerprint density at radius 1 is 1.31 bits per heavy atom. The Balaban J connectivity index is 1.93. The third-order valence-electron chi connectivity index (χ3n) is 3.65.